The summed E-state index contributed by atoms with van der Waals surface area (Å²) in [5.41, 5.74) is 3.89. The summed E-state index contributed by atoms with van der Waals surface area (Å²) >= 11 is 0. The fraction of sp³-hybridized carbons (Fsp3) is 0.591. The van der Waals surface area contributed by atoms with Crippen molar-refractivity contribution in [2.24, 2.45) is 4.99 Å². The van der Waals surface area contributed by atoms with Crippen LogP contribution in [0.2, 0.25) is 0 Å². The van der Waals surface area contributed by atoms with E-state index in [1.807, 2.05) is 0 Å². The predicted octanol–water partition coefficient (Wildman–Crippen LogP) is 4.06. The topological polar surface area (TPSA) is 55.5 Å². The lowest BCUT2D eigenvalue weighted by Crippen LogP contribution is -2.49. The van der Waals surface area contributed by atoms with Crippen molar-refractivity contribution in [3.8, 4) is 0 Å². The highest BCUT2D eigenvalue weighted by molar-refractivity contribution is 14.0. The van der Waals surface area contributed by atoms with Crippen LogP contribution in [0.4, 0.5) is 0 Å². The molecule has 6 heteroatoms. The van der Waals surface area contributed by atoms with Gasteiger partial charge in [-0.3, -0.25) is 4.99 Å². The van der Waals surface area contributed by atoms with E-state index in [1.54, 1.807) is 0 Å². The van der Waals surface area contributed by atoms with Gasteiger partial charge in [0.25, 0.3) is 0 Å². The van der Waals surface area contributed by atoms with E-state index in [9.17, 15) is 0 Å². The molecule has 1 saturated heterocycles. The summed E-state index contributed by atoms with van der Waals surface area (Å²) in [5, 5.41) is 8.38. The van der Waals surface area contributed by atoms with Gasteiger partial charge in [-0.2, -0.15) is 0 Å². The number of piperidine rings is 1. The molecule has 28 heavy (non-hydrogen) atoms. The number of hydrogen-bond donors (Lipinski definition) is 3. The first-order valence-corrected chi connectivity index (χ1v) is 10.4. The van der Waals surface area contributed by atoms with Gasteiger partial charge in [-0.25, -0.2) is 0 Å². The lowest BCUT2D eigenvalue weighted by atomic mass is 10.0. The first-order chi connectivity index (χ1) is 13.1. The number of hydrogen-bond acceptors (Lipinski definition) is 2. The molecule has 0 aliphatic carbocycles. The van der Waals surface area contributed by atoms with Crippen LogP contribution in [0.25, 0.3) is 10.9 Å². The Morgan fingerprint density at radius 3 is 2.71 bits per heavy atom. The Kier molecular flexibility index (Phi) is 9.08. The second-order valence-electron chi connectivity index (χ2n) is 7.87. The minimum Gasteiger partial charge on any atom is -0.361 e. The largest absolute Gasteiger partial charge is 0.361 e. The molecule has 3 rings (SSSR count). The molecule has 0 amide bonds. The molecule has 5 nitrogen and oxygen atoms in total. The molecular formula is C22H36IN5. The third-order valence-electron chi connectivity index (χ3n) is 5.61. The third-order valence-corrected chi connectivity index (χ3v) is 5.61. The standard InChI is InChI=1S/C22H35N5.HI/c1-5-23-22(26-19-10-13-27(14-11-19)16(2)3)24-12-9-18-15-25-21-17(4)7-6-8-20(18)21;/h6-8,15-16,19,25H,5,9-14H2,1-4H3,(H2,23,24,26);1H. The lowest BCUT2D eigenvalue weighted by molar-refractivity contribution is 0.167. The number of likely N-dealkylation sites (tertiary alicyclic amines) is 1. The number of aryl methyl sites for hydroxylation is 1. The van der Waals surface area contributed by atoms with Crippen LogP contribution in [-0.4, -0.2) is 54.1 Å². The highest BCUT2D eigenvalue weighted by Gasteiger charge is 2.21. The Bertz CT molecular complexity index is 759. The van der Waals surface area contributed by atoms with E-state index in [4.69, 9.17) is 4.99 Å². The molecule has 2 aromatic rings. The van der Waals surface area contributed by atoms with Gasteiger partial charge in [-0.05, 0) is 58.1 Å². The van der Waals surface area contributed by atoms with Gasteiger partial charge in [-0.1, -0.05) is 18.2 Å². The maximum Gasteiger partial charge on any atom is 0.191 e. The summed E-state index contributed by atoms with van der Waals surface area (Å²) in [6.45, 7) is 12.9. The molecule has 0 unspecified atom stereocenters. The van der Waals surface area contributed by atoms with Crippen LogP contribution in [0.1, 0.15) is 44.7 Å². The lowest BCUT2D eigenvalue weighted by Gasteiger charge is -2.35. The molecular weight excluding hydrogens is 461 g/mol. The highest BCUT2D eigenvalue weighted by atomic mass is 127. The quantitative estimate of drug-likeness (QED) is 0.321. The van der Waals surface area contributed by atoms with E-state index in [0.29, 0.717) is 12.1 Å². The number of fused-ring (bicyclic) bond motifs is 1. The molecule has 2 heterocycles. The Morgan fingerprint density at radius 1 is 1.29 bits per heavy atom. The summed E-state index contributed by atoms with van der Waals surface area (Å²) in [4.78, 5) is 10.8. The average Bonchev–Trinajstić information content (AvgIpc) is 3.07. The number of guanidine groups is 1. The second-order valence-corrected chi connectivity index (χ2v) is 7.87. The van der Waals surface area contributed by atoms with Gasteiger partial charge in [0.05, 0.1) is 0 Å². The fourth-order valence-corrected chi connectivity index (χ4v) is 3.93. The van der Waals surface area contributed by atoms with Crippen molar-refractivity contribution < 1.29 is 0 Å². The Balaban J connectivity index is 0.00000280. The van der Waals surface area contributed by atoms with Gasteiger partial charge in [0, 0.05) is 55.4 Å². The predicted molar refractivity (Wildman–Crippen MR) is 131 cm³/mol. The molecule has 3 N–H and O–H groups in total. The zero-order valence-electron chi connectivity index (χ0n) is 17.7. The maximum atomic E-state index is 4.83. The molecule has 1 fully saturated rings. The molecule has 1 aromatic heterocycles. The summed E-state index contributed by atoms with van der Waals surface area (Å²) < 4.78 is 0. The van der Waals surface area contributed by atoms with E-state index in [1.165, 1.54) is 48.0 Å². The number of aromatic nitrogens is 1. The smallest absolute Gasteiger partial charge is 0.191 e. The summed E-state index contributed by atoms with van der Waals surface area (Å²) in [5.74, 6) is 0.955. The first-order valence-electron chi connectivity index (χ1n) is 10.4. The van der Waals surface area contributed by atoms with Crippen LogP contribution in [0.3, 0.4) is 0 Å². The van der Waals surface area contributed by atoms with Crippen LogP contribution in [0, 0.1) is 6.92 Å². The Labute approximate surface area is 186 Å². The molecule has 156 valence electrons. The van der Waals surface area contributed by atoms with E-state index in [-0.39, 0.29) is 24.0 Å². The zero-order chi connectivity index (χ0) is 19.2. The number of para-hydroxylation sites is 1. The molecule has 0 spiro atoms. The van der Waals surface area contributed by atoms with Crippen LogP contribution >= 0.6 is 24.0 Å². The van der Waals surface area contributed by atoms with Gasteiger partial charge in [0.1, 0.15) is 0 Å². The minimum atomic E-state index is 0. The number of H-pyrrole nitrogens is 1. The van der Waals surface area contributed by atoms with E-state index in [0.717, 1.165) is 25.5 Å². The van der Waals surface area contributed by atoms with Crippen molar-refractivity contribution in [3.63, 3.8) is 0 Å². The summed E-state index contributed by atoms with van der Waals surface area (Å²) in [6.07, 6.45) is 5.45. The summed E-state index contributed by atoms with van der Waals surface area (Å²) in [6, 6.07) is 7.65. The normalized spacial score (nSPS) is 16.4. The number of aliphatic imine (C=N–C) groups is 1. The van der Waals surface area contributed by atoms with Crippen molar-refractivity contribution in [3.05, 3.63) is 35.5 Å². The zero-order valence-corrected chi connectivity index (χ0v) is 20.0. The number of rotatable bonds is 6. The Morgan fingerprint density at radius 2 is 2.04 bits per heavy atom. The average molecular weight is 497 g/mol. The highest BCUT2D eigenvalue weighted by Crippen LogP contribution is 2.21. The first kappa shape index (κ1) is 23.0. The van der Waals surface area contributed by atoms with Gasteiger partial charge < -0.3 is 20.5 Å². The van der Waals surface area contributed by atoms with Gasteiger partial charge in [-0.15, -0.1) is 24.0 Å². The van der Waals surface area contributed by atoms with Crippen LogP contribution < -0.4 is 10.6 Å². The van der Waals surface area contributed by atoms with Crippen LogP contribution in [-0.2, 0) is 6.42 Å². The Hall–Kier alpha value is -1.28. The molecule has 0 bridgehead atoms. The summed E-state index contributed by atoms with van der Waals surface area (Å²) in [7, 11) is 0. The third kappa shape index (κ3) is 5.86. The molecule has 1 aliphatic heterocycles. The molecule has 0 radical (unpaired) electrons. The van der Waals surface area contributed by atoms with Gasteiger partial charge in [0.2, 0.25) is 0 Å². The van der Waals surface area contributed by atoms with Crippen molar-refractivity contribution in [2.75, 3.05) is 26.2 Å². The molecule has 1 aliphatic rings. The van der Waals surface area contributed by atoms with Gasteiger partial charge in [0.15, 0.2) is 5.96 Å². The number of aromatic amines is 1. The monoisotopic (exact) mass is 497 g/mol. The molecule has 0 atom stereocenters. The fourth-order valence-electron chi connectivity index (χ4n) is 3.93. The van der Waals surface area contributed by atoms with Crippen molar-refractivity contribution in [1.29, 1.82) is 0 Å². The SMILES string of the molecule is CCNC(=NCCc1c[nH]c2c(C)cccc12)NC1CCN(C(C)C)CC1.I. The minimum absolute atomic E-state index is 0. The number of nitrogens with one attached hydrogen (secondary N) is 3. The molecule has 0 saturated carbocycles. The van der Waals surface area contributed by atoms with Gasteiger partial charge >= 0.3 is 0 Å². The second kappa shape index (κ2) is 11.0. The van der Waals surface area contributed by atoms with E-state index >= 15 is 0 Å². The van der Waals surface area contributed by atoms with Crippen molar-refractivity contribution >= 4 is 40.8 Å². The van der Waals surface area contributed by atoms with Crippen molar-refractivity contribution in [1.82, 2.24) is 20.5 Å². The van der Waals surface area contributed by atoms with E-state index in [2.05, 4.69) is 72.6 Å². The number of nitrogens with zero attached hydrogens (tertiary/aromatic N) is 2. The maximum absolute atomic E-state index is 4.83. The molecule has 1 aromatic carbocycles. The van der Waals surface area contributed by atoms with Crippen LogP contribution in [0.15, 0.2) is 29.4 Å². The number of halogens is 1. The number of benzene rings is 1. The van der Waals surface area contributed by atoms with Crippen LogP contribution in [0.5, 0.6) is 0 Å². The van der Waals surface area contributed by atoms with Crippen molar-refractivity contribution in [2.45, 2.75) is 59.0 Å². The van der Waals surface area contributed by atoms with E-state index < -0.39 is 0 Å².